The number of hydrogen-bond donors (Lipinski definition) is 4. The zero-order valence-corrected chi connectivity index (χ0v) is 16.5. The van der Waals surface area contributed by atoms with E-state index in [-0.39, 0.29) is 5.78 Å². The Hall–Kier alpha value is -1.61. The fourth-order valence-corrected chi connectivity index (χ4v) is 6.26. The number of nitrogens with two attached hydrogens (primary N) is 1. The number of nitrogens with zero attached hydrogens (tertiary/aromatic N) is 1. The third-order valence-electron chi connectivity index (χ3n) is 5.00. The third kappa shape index (κ3) is 2.90. The molecule has 0 fully saturated rings. The lowest BCUT2D eigenvalue weighted by Crippen LogP contribution is -2.32. The van der Waals surface area contributed by atoms with E-state index < -0.39 is 15.9 Å². The minimum atomic E-state index is -3.46. The summed E-state index contributed by atoms with van der Waals surface area (Å²) < 4.78 is 16.7. The molecule has 0 saturated carbocycles. The zero-order valence-electron chi connectivity index (χ0n) is 14.8. The number of hydrogen-bond acceptors (Lipinski definition) is 5. The van der Waals surface area contributed by atoms with Gasteiger partial charge in [0, 0.05) is 22.3 Å². The van der Waals surface area contributed by atoms with Crippen molar-refractivity contribution in [1.29, 1.82) is 0 Å². The van der Waals surface area contributed by atoms with Gasteiger partial charge in [0.1, 0.15) is 14.8 Å². The molecule has 2 aliphatic rings. The van der Waals surface area contributed by atoms with Gasteiger partial charge in [-0.15, -0.1) is 11.3 Å². The van der Waals surface area contributed by atoms with Crippen LogP contribution in [0.2, 0.25) is 0 Å². The first-order valence-corrected chi connectivity index (χ1v) is 11.3. The number of Topliss-reactive ketones (excluding diaryl/α,β-unsaturated/α-hetero) is 1. The van der Waals surface area contributed by atoms with Crippen LogP contribution >= 0.6 is 11.3 Å². The van der Waals surface area contributed by atoms with Crippen LogP contribution in [0.4, 0.5) is 5.69 Å². The van der Waals surface area contributed by atoms with Crippen LogP contribution in [0, 0.1) is 0 Å². The molecule has 4 N–H and O–H groups in total. The topological polar surface area (TPSA) is 105 Å². The average Bonchev–Trinajstić information content (AvgIpc) is 3.25. The maximum Gasteiger partial charge on any atom is 0.165 e. The molecule has 6 nitrogen and oxygen atoms in total. The van der Waals surface area contributed by atoms with Gasteiger partial charge in [0.2, 0.25) is 0 Å². The van der Waals surface area contributed by atoms with Crippen LogP contribution in [-0.2, 0) is 35.2 Å². The Balaban J connectivity index is 1.77. The van der Waals surface area contributed by atoms with Crippen molar-refractivity contribution >= 4 is 33.1 Å². The van der Waals surface area contributed by atoms with E-state index in [0.29, 0.717) is 26.9 Å². The first-order chi connectivity index (χ1) is 12.2. The number of thiazole rings is 1. The van der Waals surface area contributed by atoms with Crippen molar-refractivity contribution in [2.75, 3.05) is 4.72 Å². The zero-order chi connectivity index (χ0) is 18.7. The lowest BCUT2D eigenvalue weighted by atomic mass is 9.99. The second kappa shape index (κ2) is 5.95. The maximum absolute atomic E-state index is 13.3. The highest BCUT2D eigenvalue weighted by Crippen LogP contribution is 2.40. The first-order valence-electron chi connectivity index (χ1n) is 8.74. The molecule has 2 aromatic rings. The minimum Gasteiger partial charge on any atom is -0.383 e. The molecule has 0 amide bonds. The first kappa shape index (κ1) is 17.8. The summed E-state index contributed by atoms with van der Waals surface area (Å²) in [5, 5.41) is 16.7. The fourth-order valence-electron chi connectivity index (χ4n) is 3.74. The number of fused-ring (bicyclic) bond motifs is 2. The SMILES string of the molecule is CC(C)(O)c1ncc([SH](N)(=O)Nc2c3c(cc4c2C(=O)CC4)CCC3)s1. The summed E-state index contributed by atoms with van der Waals surface area (Å²) in [5.41, 5.74) is 3.51. The van der Waals surface area contributed by atoms with Crippen LogP contribution in [0.1, 0.15) is 58.7 Å². The quantitative estimate of drug-likeness (QED) is 0.598. The number of carbonyl (C=O) groups excluding carboxylic acids is 1. The summed E-state index contributed by atoms with van der Waals surface area (Å²) in [6, 6.07) is 2.13. The number of aliphatic hydroxyl groups is 1. The van der Waals surface area contributed by atoms with Gasteiger partial charge in [-0.05, 0) is 56.2 Å². The number of benzene rings is 1. The van der Waals surface area contributed by atoms with Crippen LogP contribution in [0.5, 0.6) is 0 Å². The molecule has 0 bridgehead atoms. The Morgan fingerprint density at radius 2 is 2.04 bits per heavy atom. The molecule has 1 heterocycles. The molecular weight excluding hydrogens is 370 g/mol. The molecular formula is C18H23N3O3S2. The van der Waals surface area contributed by atoms with Gasteiger partial charge in [0.15, 0.2) is 5.78 Å². The van der Waals surface area contributed by atoms with Gasteiger partial charge < -0.3 is 9.83 Å². The highest BCUT2D eigenvalue weighted by Gasteiger charge is 2.31. The van der Waals surface area contributed by atoms with E-state index in [0.717, 1.165) is 48.1 Å². The van der Waals surface area contributed by atoms with Crippen molar-refractivity contribution in [3.8, 4) is 0 Å². The van der Waals surface area contributed by atoms with Crippen molar-refractivity contribution in [2.24, 2.45) is 5.14 Å². The van der Waals surface area contributed by atoms with Gasteiger partial charge in [-0.25, -0.2) is 9.19 Å². The predicted octanol–water partition coefficient (Wildman–Crippen LogP) is 2.26. The molecule has 0 spiro atoms. The van der Waals surface area contributed by atoms with E-state index in [2.05, 4.69) is 15.8 Å². The van der Waals surface area contributed by atoms with Crippen molar-refractivity contribution in [1.82, 2.24) is 4.98 Å². The normalized spacial score (nSPS) is 17.3. The smallest absolute Gasteiger partial charge is 0.165 e. The van der Waals surface area contributed by atoms with Crippen molar-refractivity contribution in [3.63, 3.8) is 0 Å². The number of thiol groups is 1. The van der Waals surface area contributed by atoms with E-state index >= 15 is 0 Å². The summed E-state index contributed by atoms with van der Waals surface area (Å²) in [7, 11) is -3.46. The lowest BCUT2D eigenvalue weighted by molar-refractivity contribution is 0.0782. The third-order valence-corrected chi connectivity index (χ3v) is 8.53. The number of aryl methyl sites for hydroxylation is 2. The van der Waals surface area contributed by atoms with Crippen LogP contribution < -0.4 is 9.86 Å². The number of anilines is 1. The molecule has 1 aromatic carbocycles. The summed E-state index contributed by atoms with van der Waals surface area (Å²) in [4.78, 5) is 16.6. The van der Waals surface area contributed by atoms with Crippen molar-refractivity contribution < 1.29 is 14.1 Å². The second-order valence-corrected chi connectivity index (χ2v) is 10.9. The van der Waals surface area contributed by atoms with E-state index in [9.17, 15) is 14.1 Å². The largest absolute Gasteiger partial charge is 0.383 e. The Morgan fingerprint density at radius 1 is 1.27 bits per heavy atom. The fraction of sp³-hybridized carbons (Fsp3) is 0.444. The predicted molar refractivity (Wildman–Crippen MR) is 104 cm³/mol. The molecule has 8 heteroatoms. The van der Waals surface area contributed by atoms with E-state index in [1.54, 1.807) is 13.8 Å². The summed E-state index contributed by atoms with van der Waals surface area (Å²) in [6.07, 6.45) is 5.54. The van der Waals surface area contributed by atoms with Crippen LogP contribution in [0.15, 0.2) is 16.5 Å². The Kier molecular flexibility index (Phi) is 4.07. The summed E-state index contributed by atoms with van der Waals surface area (Å²) >= 11 is 1.14. The molecule has 0 atom stereocenters. The van der Waals surface area contributed by atoms with E-state index in [1.807, 2.05) is 0 Å². The Labute approximate surface area is 157 Å². The van der Waals surface area contributed by atoms with Crippen LogP contribution in [0.3, 0.4) is 0 Å². The second-order valence-electron chi connectivity index (χ2n) is 7.53. The number of nitrogens with one attached hydrogen (secondary N) is 1. The van der Waals surface area contributed by atoms with Crippen LogP contribution in [-0.4, -0.2) is 20.1 Å². The lowest BCUT2D eigenvalue weighted by Gasteiger charge is -2.24. The van der Waals surface area contributed by atoms with Gasteiger partial charge in [0.05, 0.1) is 11.9 Å². The standard InChI is InChI=1S/C18H23N3O3S2/c1-18(2,23)17-20-9-14(25-17)26(19,24)21-16-12-5-3-4-10(12)8-11-6-7-13(22)15(11)16/h8-9,23,26H,3-7H2,1-2H3,(H3,19,21,24). The molecule has 4 rings (SSSR count). The van der Waals surface area contributed by atoms with Crippen molar-refractivity contribution in [3.05, 3.63) is 39.5 Å². The van der Waals surface area contributed by atoms with E-state index in [4.69, 9.17) is 5.14 Å². The molecule has 1 aromatic heterocycles. The maximum atomic E-state index is 13.3. The molecule has 2 aliphatic carbocycles. The van der Waals surface area contributed by atoms with Gasteiger partial charge in [-0.2, -0.15) is 0 Å². The minimum absolute atomic E-state index is 0.0821. The van der Waals surface area contributed by atoms with Crippen molar-refractivity contribution in [2.45, 2.75) is 55.8 Å². The highest BCUT2D eigenvalue weighted by atomic mass is 32.3. The average molecular weight is 394 g/mol. The highest BCUT2D eigenvalue weighted by molar-refractivity contribution is 8.03. The Morgan fingerprint density at radius 3 is 2.73 bits per heavy atom. The van der Waals surface area contributed by atoms with E-state index in [1.165, 1.54) is 11.8 Å². The summed E-state index contributed by atoms with van der Waals surface area (Å²) in [6.45, 7) is 3.25. The number of carbonyl (C=O) groups is 1. The van der Waals surface area contributed by atoms with Gasteiger partial charge in [-0.3, -0.25) is 9.93 Å². The van der Waals surface area contributed by atoms with Crippen LogP contribution in [0.25, 0.3) is 0 Å². The van der Waals surface area contributed by atoms with Gasteiger partial charge >= 0.3 is 0 Å². The van der Waals surface area contributed by atoms with Gasteiger partial charge in [0.25, 0.3) is 0 Å². The molecule has 26 heavy (non-hydrogen) atoms. The monoisotopic (exact) mass is 393 g/mol. The number of ketones is 1. The number of aromatic nitrogens is 1. The summed E-state index contributed by atoms with van der Waals surface area (Å²) in [5.74, 6) is 0.0821. The molecule has 0 aliphatic heterocycles. The molecule has 140 valence electrons. The van der Waals surface area contributed by atoms with Gasteiger partial charge in [-0.1, -0.05) is 6.07 Å². The Bertz CT molecular complexity index is 959. The molecule has 0 radical (unpaired) electrons. The number of rotatable bonds is 4. The molecule has 0 unspecified atom stereocenters. The molecule has 0 saturated heterocycles.